The molecule has 8 heteroatoms. The number of benzene rings is 1. The Bertz CT molecular complexity index is 1320. The summed E-state index contributed by atoms with van der Waals surface area (Å²) in [6, 6.07) is 13.5. The summed E-state index contributed by atoms with van der Waals surface area (Å²) in [5.74, 6) is -0.583. The third-order valence-electron chi connectivity index (χ3n) is 6.47. The number of pyridine rings is 2. The highest BCUT2D eigenvalue weighted by Gasteiger charge is 2.46. The first kappa shape index (κ1) is 21.4. The van der Waals surface area contributed by atoms with Gasteiger partial charge in [0.2, 0.25) is 0 Å². The van der Waals surface area contributed by atoms with Crippen LogP contribution in [0.2, 0.25) is 5.15 Å². The normalized spacial score (nSPS) is 22.8. The van der Waals surface area contributed by atoms with E-state index < -0.39 is 18.0 Å². The molecule has 1 aliphatic heterocycles. The first-order valence-electron chi connectivity index (χ1n) is 10.8. The number of methoxy groups -OCH3 is 1. The number of rotatable bonds is 3. The van der Waals surface area contributed by atoms with Crippen LogP contribution in [-0.2, 0) is 4.79 Å². The summed E-state index contributed by atoms with van der Waals surface area (Å²) in [6.45, 7) is 0. The topological polar surface area (TPSA) is 105 Å². The maximum absolute atomic E-state index is 13.3. The standard InChI is InChI=1S/C25H22ClN5O2/c1-33-16-7-8-19-14(10-16)11-17(24(26)30-19)22-18(12-27)25(28)31(15-4-3-9-29-13-15)20-5-2-6-21(32)23(20)22/h3-4,7-11,13,18,22,25H,2,5-6,28H2,1H3. The number of hydrogen-bond acceptors (Lipinski definition) is 7. The predicted octanol–water partition coefficient (Wildman–Crippen LogP) is 4.33. The molecule has 3 unspecified atom stereocenters. The number of carbonyl (C=O) groups excluding carboxylic acids is 1. The largest absolute Gasteiger partial charge is 0.497 e. The number of ketones is 1. The number of hydrogen-bond donors (Lipinski definition) is 1. The lowest BCUT2D eigenvalue weighted by atomic mass is 9.71. The summed E-state index contributed by atoms with van der Waals surface area (Å²) in [5, 5.41) is 11.3. The first-order chi connectivity index (χ1) is 16.0. The number of halogens is 1. The van der Waals surface area contributed by atoms with Gasteiger partial charge >= 0.3 is 0 Å². The van der Waals surface area contributed by atoms with Crippen molar-refractivity contribution in [2.45, 2.75) is 31.3 Å². The van der Waals surface area contributed by atoms with Crippen LogP contribution >= 0.6 is 11.6 Å². The fraction of sp³-hybridized carbons (Fsp3) is 0.280. The molecular weight excluding hydrogens is 438 g/mol. The lowest BCUT2D eigenvalue weighted by molar-refractivity contribution is -0.116. The zero-order valence-corrected chi connectivity index (χ0v) is 18.8. The Morgan fingerprint density at radius 2 is 2.12 bits per heavy atom. The maximum Gasteiger partial charge on any atom is 0.161 e. The fourth-order valence-electron chi connectivity index (χ4n) is 4.98. The molecule has 166 valence electrons. The van der Waals surface area contributed by atoms with Crippen molar-refractivity contribution in [3.8, 4) is 11.8 Å². The van der Waals surface area contributed by atoms with Gasteiger partial charge in [0.15, 0.2) is 5.78 Å². The quantitative estimate of drug-likeness (QED) is 0.581. The number of nitriles is 1. The van der Waals surface area contributed by atoms with E-state index in [4.69, 9.17) is 22.1 Å². The SMILES string of the molecule is COc1ccc2nc(Cl)c(C3C4=C(CCCC4=O)N(c4cccnc4)C(N)C3C#N)cc2c1. The first-order valence-corrected chi connectivity index (χ1v) is 11.2. The Morgan fingerprint density at radius 1 is 1.27 bits per heavy atom. The number of aromatic nitrogens is 2. The monoisotopic (exact) mass is 459 g/mol. The number of ether oxygens (including phenoxy) is 1. The van der Waals surface area contributed by atoms with Crippen molar-refractivity contribution in [1.29, 1.82) is 5.26 Å². The van der Waals surface area contributed by atoms with E-state index in [0.717, 1.165) is 23.2 Å². The highest BCUT2D eigenvalue weighted by atomic mass is 35.5. The summed E-state index contributed by atoms with van der Waals surface area (Å²) in [5.41, 5.74) is 10.2. The van der Waals surface area contributed by atoms with Gasteiger partial charge < -0.3 is 15.4 Å². The Kier molecular flexibility index (Phi) is 5.49. The number of carbonyl (C=O) groups is 1. The minimum absolute atomic E-state index is 0.0177. The van der Waals surface area contributed by atoms with Gasteiger partial charge in [0.25, 0.3) is 0 Å². The van der Waals surface area contributed by atoms with Crippen molar-refractivity contribution in [3.63, 3.8) is 0 Å². The molecule has 0 saturated carbocycles. The van der Waals surface area contributed by atoms with Gasteiger partial charge in [0, 0.05) is 35.2 Å². The molecule has 0 radical (unpaired) electrons. The number of nitrogens with zero attached hydrogens (tertiary/aromatic N) is 4. The van der Waals surface area contributed by atoms with Crippen molar-refractivity contribution in [2.75, 3.05) is 12.0 Å². The summed E-state index contributed by atoms with van der Waals surface area (Å²) in [7, 11) is 1.60. The number of fused-ring (bicyclic) bond motifs is 1. The van der Waals surface area contributed by atoms with E-state index >= 15 is 0 Å². The molecule has 7 nitrogen and oxygen atoms in total. The second kappa shape index (κ2) is 8.47. The van der Waals surface area contributed by atoms with Gasteiger partial charge in [-0.05, 0) is 54.8 Å². The van der Waals surface area contributed by atoms with Gasteiger partial charge in [-0.2, -0.15) is 5.26 Å². The summed E-state index contributed by atoms with van der Waals surface area (Å²) in [6.07, 6.45) is 4.55. The van der Waals surface area contributed by atoms with E-state index in [9.17, 15) is 10.1 Å². The average Bonchev–Trinajstić information content (AvgIpc) is 2.83. The third kappa shape index (κ3) is 3.52. The van der Waals surface area contributed by atoms with Crippen LogP contribution in [0.3, 0.4) is 0 Å². The molecule has 2 aromatic heterocycles. The Labute approximate surface area is 196 Å². The molecule has 0 spiro atoms. The van der Waals surface area contributed by atoms with Crippen LogP contribution in [-0.4, -0.2) is 29.0 Å². The second-order valence-corrected chi connectivity index (χ2v) is 8.63. The molecule has 0 fully saturated rings. The van der Waals surface area contributed by atoms with Crippen molar-refractivity contribution in [2.24, 2.45) is 11.7 Å². The van der Waals surface area contributed by atoms with E-state index in [0.29, 0.717) is 35.2 Å². The van der Waals surface area contributed by atoms with Gasteiger partial charge in [-0.3, -0.25) is 9.78 Å². The van der Waals surface area contributed by atoms with Gasteiger partial charge in [0.05, 0.1) is 42.7 Å². The lowest BCUT2D eigenvalue weighted by Gasteiger charge is -2.46. The van der Waals surface area contributed by atoms with Gasteiger partial charge in [-0.25, -0.2) is 4.98 Å². The van der Waals surface area contributed by atoms with Crippen molar-refractivity contribution < 1.29 is 9.53 Å². The van der Waals surface area contributed by atoms with Crippen LogP contribution in [0, 0.1) is 17.2 Å². The number of anilines is 1. The minimum Gasteiger partial charge on any atom is -0.497 e. The Balaban J connectivity index is 1.75. The van der Waals surface area contributed by atoms with Crippen LogP contribution in [0.1, 0.15) is 30.7 Å². The van der Waals surface area contributed by atoms with E-state index in [1.54, 1.807) is 19.5 Å². The van der Waals surface area contributed by atoms with Crippen molar-refractivity contribution in [3.05, 3.63) is 70.8 Å². The molecule has 1 aromatic carbocycles. The molecule has 3 aromatic rings. The number of allylic oxidation sites excluding steroid dienone is 2. The van der Waals surface area contributed by atoms with Crippen LogP contribution in [0.5, 0.6) is 5.75 Å². The highest BCUT2D eigenvalue weighted by molar-refractivity contribution is 6.30. The van der Waals surface area contributed by atoms with Crippen LogP contribution in [0.25, 0.3) is 10.9 Å². The smallest absolute Gasteiger partial charge is 0.161 e. The molecule has 5 rings (SSSR count). The molecule has 2 N–H and O–H groups in total. The number of Topliss-reactive ketones (excluding diaryl/α,β-unsaturated/α-hetero) is 1. The second-order valence-electron chi connectivity index (χ2n) is 8.27. The minimum atomic E-state index is -0.714. The van der Waals surface area contributed by atoms with Crippen LogP contribution in [0.15, 0.2) is 60.1 Å². The molecule has 0 saturated heterocycles. The van der Waals surface area contributed by atoms with Gasteiger partial charge in [0.1, 0.15) is 10.9 Å². The van der Waals surface area contributed by atoms with Crippen LogP contribution in [0.4, 0.5) is 5.69 Å². The van der Waals surface area contributed by atoms with E-state index in [1.165, 1.54) is 0 Å². The van der Waals surface area contributed by atoms with Crippen molar-refractivity contribution in [1.82, 2.24) is 9.97 Å². The lowest BCUT2D eigenvalue weighted by Crippen LogP contribution is -2.54. The van der Waals surface area contributed by atoms with Gasteiger partial charge in [-0.1, -0.05) is 11.6 Å². The van der Waals surface area contributed by atoms with Crippen LogP contribution < -0.4 is 15.4 Å². The molecule has 33 heavy (non-hydrogen) atoms. The zero-order chi connectivity index (χ0) is 23.1. The molecular formula is C25H22ClN5O2. The highest BCUT2D eigenvalue weighted by Crippen LogP contribution is 2.48. The summed E-state index contributed by atoms with van der Waals surface area (Å²) in [4.78, 5) is 24.0. The Morgan fingerprint density at radius 3 is 2.85 bits per heavy atom. The summed E-state index contributed by atoms with van der Waals surface area (Å²) >= 11 is 6.66. The molecule has 3 heterocycles. The molecule has 1 aliphatic carbocycles. The van der Waals surface area contributed by atoms with E-state index in [-0.39, 0.29) is 10.9 Å². The molecule has 0 bridgehead atoms. The summed E-state index contributed by atoms with van der Waals surface area (Å²) < 4.78 is 5.35. The van der Waals surface area contributed by atoms with E-state index in [2.05, 4.69) is 16.0 Å². The third-order valence-corrected chi connectivity index (χ3v) is 6.77. The average molecular weight is 460 g/mol. The molecule has 2 aliphatic rings. The maximum atomic E-state index is 13.3. The van der Waals surface area contributed by atoms with Gasteiger partial charge in [-0.15, -0.1) is 0 Å². The van der Waals surface area contributed by atoms with E-state index in [1.807, 2.05) is 41.3 Å². The predicted molar refractivity (Wildman–Crippen MR) is 126 cm³/mol. The molecule has 3 atom stereocenters. The Hall–Kier alpha value is -3.47. The number of nitrogens with two attached hydrogens (primary N) is 1. The fourth-order valence-corrected chi connectivity index (χ4v) is 5.25. The molecule has 0 amide bonds. The zero-order valence-electron chi connectivity index (χ0n) is 18.0. The van der Waals surface area contributed by atoms with Crippen molar-refractivity contribution >= 4 is 34.0 Å².